The average molecular weight is 437 g/mol. The summed E-state index contributed by atoms with van der Waals surface area (Å²) in [5.74, 6) is 1.66. The van der Waals surface area contributed by atoms with Crippen LogP contribution in [0.1, 0.15) is 29.4 Å². The molecule has 0 aliphatic carbocycles. The maximum Gasteiger partial charge on any atom is 0.253 e. The van der Waals surface area contributed by atoms with Gasteiger partial charge in [0.1, 0.15) is 17.0 Å². The Morgan fingerprint density at radius 1 is 1.10 bits per heavy atom. The van der Waals surface area contributed by atoms with Gasteiger partial charge in [-0.2, -0.15) is 0 Å². The summed E-state index contributed by atoms with van der Waals surface area (Å²) in [6, 6.07) is 14.1. The van der Waals surface area contributed by atoms with Gasteiger partial charge in [-0.15, -0.1) is 21.5 Å². The predicted octanol–water partition coefficient (Wildman–Crippen LogP) is 4.94. The molecule has 31 heavy (non-hydrogen) atoms. The molecular weight excluding hydrogens is 412 g/mol. The molecule has 4 aromatic rings. The van der Waals surface area contributed by atoms with Gasteiger partial charge in [-0.25, -0.2) is 0 Å². The second-order valence-electron chi connectivity index (χ2n) is 7.71. The first-order valence-electron chi connectivity index (χ1n) is 10.5. The molecule has 160 valence electrons. The highest BCUT2D eigenvalue weighted by Gasteiger charge is 2.24. The van der Waals surface area contributed by atoms with Crippen LogP contribution in [0.4, 0.5) is 0 Å². The summed E-state index contributed by atoms with van der Waals surface area (Å²) in [5, 5.41) is 15.0. The van der Waals surface area contributed by atoms with Crippen LogP contribution >= 0.6 is 11.3 Å². The third-order valence-corrected chi connectivity index (χ3v) is 6.26. The second kappa shape index (κ2) is 9.13. The van der Waals surface area contributed by atoms with Crippen LogP contribution in [0.25, 0.3) is 22.7 Å². The molecule has 3 aromatic heterocycles. The number of nitrogens with zero attached hydrogens (tertiary/aromatic N) is 4. The molecule has 0 amide bonds. The zero-order chi connectivity index (χ0) is 21.0. The Hall–Kier alpha value is -2.81. The molecule has 0 bridgehead atoms. The molecule has 1 aliphatic heterocycles. The normalized spacial score (nSPS) is 16.4. The predicted molar refractivity (Wildman–Crippen MR) is 117 cm³/mol. The van der Waals surface area contributed by atoms with Gasteiger partial charge in [-0.3, -0.25) is 4.90 Å². The lowest BCUT2D eigenvalue weighted by atomic mass is 10.1. The summed E-state index contributed by atoms with van der Waals surface area (Å²) in [6.45, 7) is 4.94. The molecule has 1 aliphatic rings. The molecule has 0 spiro atoms. The van der Waals surface area contributed by atoms with Crippen LogP contribution in [0.2, 0.25) is 0 Å². The maximum absolute atomic E-state index is 6.08. The first-order valence-corrected chi connectivity index (χ1v) is 11.3. The second-order valence-corrected chi connectivity index (χ2v) is 8.75. The van der Waals surface area contributed by atoms with Gasteiger partial charge < -0.3 is 13.7 Å². The van der Waals surface area contributed by atoms with E-state index in [1.807, 2.05) is 37.3 Å². The van der Waals surface area contributed by atoms with Gasteiger partial charge in [0.15, 0.2) is 0 Å². The van der Waals surface area contributed by atoms with Gasteiger partial charge in [0.2, 0.25) is 5.89 Å². The Morgan fingerprint density at radius 2 is 2.00 bits per heavy atom. The van der Waals surface area contributed by atoms with E-state index in [1.54, 1.807) is 11.3 Å². The minimum absolute atomic E-state index is 0.257. The van der Waals surface area contributed by atoms with Crippen molar-refractivity contribution in [3.8, 4) is 22.7 Å². The number of aryl methyl sites for hydroxylation is 1. The Balaban J connectivity index is 1.37. The molecule has 0 N–H and O–H groups in total. The summed E-state index contributed by atoms with van der Waals surface area (Å²) in [6.07, 6.45) is 2.47. The number of benzene rings is 1. The molecule has 1 aromatic carbocycles. The smallest absolute Gasteiger partial charge is 0.253 e. The third-order valence-electron chi connectivity index (χ3n) is 5.39. The van der Waals surface area contributed by atoms with E-state index < -0.39 is 0 Å². The number of ether oxygens (including phenoxy) is 1. The van der Waals surface area contributed by atoms with Crippen molar-refractivity contribution < 1.29 is 13.7 Å². The van der Waals surface area contributed by atoms with Crippen LogP contribution in [0.15, 0.2) is 56.8 Å². The first kappa shape index (κ1) is 20.1. The van der Waals surface area contributed by atoms with E-state index in [0.29, 0.717) is 29.8 Å². The van der Waals surface area contributed by atoms with Crippen molar-refractivity contribution in [2.75, 3.05) is 13.2 Å². The van der Waals surface area contributed by atoms with Crippen LogP contribution in [0, 0.1) is 6.92 Å². The van der Waals surface area contributed by atoms with Crippen molar-refractivity contribution in [3.05, 3.63) is 64.4 Å². The minimum Gasteiger partial charge on any atom is -0.419 e. The van der Waals surface area contributed by atoms with Crippen molar-refractivity contribution in [3.63, 3.8) is 0 Å². The van der Waals surface area contributed by atoms with Gasteiger partial charge in [-0.1, -0.05) is 41.6 Å². The van der Waals surface area contributed by atoms with Crippen LogP contribution in [0.5, 0.6) is 0 Å². The van der Waals surface area contributed by atoms with E-state index >= 15 is 0 Å². The Kier molecular flexibility index (Phi) is 5.93. The van der Waals surface area contributed by atoms with Crippen molar-refractivity contribution in [1.29, 1.82) is 0 Å². The van der Waals surface area contributed by atoms with Crippen molar-refractivity contribution in [2.24, 2.45) is 0 Å². The van der Waals surface area contributed by atoms with E-state index in [1.165, 1.54) is 4.88 Å². The van der Waals surface area contributed by atoms with E-state index in [9.17, 15) is 0 Å². The van der Waals surface area contributed by atoms with E-state index in [0.717, 1.165) is 43.7 Å². The Bertz CT molecular complexity index is 1100. The van der Waals surface area contributed by atoms with Gasteiger partial charge in [0.05, 0.1) is 12.6 Å². The van der Waals surface area contributed by atoms with Gasteiger partial charge in [0.25, 0.3) is 5.89 Å². The van der Waals surface area contributed by atoms with Gasteiger partial charge in [-0.05, 0) is 31.2 Å². The van der Waals surface area contributed by atoms with Crippen LogP contribution in [-0.4, -0.2) is 39.5 Å². The average Bonchev–Trinajstić information content (AvgIpc) is 3.57. The molecule has 0 saturated carbocycles. The topological polar surface area (TPSA) is 77.4 Å². The molecule has 0 unspecified atom stereocenters. The first-order chi connectivity index (χ1) is 15.3. The minimum atomic E-state index is 0.257. The Labute approximate surface area is 184 Å². The quantitative estimate of drug-likeness (QED) is 0.387. The number of rotatable bonds is 8. The number of hydrogen-bond donors (Lipinski definition) is 0. The highest BCUT2D eigenvalue weighted by molar-refractivity contribution is 7.09. The molecule has 5 rings (SSSR count). The van der Waals surface area contributed by atoms with E-state index in [4.69, 9.17) is 13.7 Å². The molecule has 1 fully saturated rings. The van der Waals surface area contributed by atoms with Crippen molar-refractivity contribution >= 4 is 11.3 Å². The molecule has 7 nitrogen and oxygen atoms in total. The monoisotopic (exact) mass is 436 g/mol. The van der Waals surface area contributed by atoms with Gasteiger partial charge in [0, 0.05) is 30.1 Å². The lowest BCUT2D eigenvalue weighted by molar-refractivity contribution is 0.0653. The zero-order valence-corrected chi connectivity index (χ0v) is 18.2. The third kappa shape index (κ3) is 4.61. The Morgan fingerprint density at radius 3 is 2.77 bits per heavy atom. The van der Waals surface area contributed by atoms with Gasteiger partial charge >= 0.3 is 0 Å². The lowest BCUT2D eigenvalue weighted by Gasteiger charge is -2.23. The van der Waals surface area contributed by atoms with Crippen LogP contribution < -0.4 is 0 Å². The summed E-state index contributed by atoms with van der Waals surface area (Å²) in [4.78, 5) is 3.62. The fourth-order valence-electron chi connectivity index (χ4n) is 3.91. The maximum atomic E-state index is 6.08. The van der Waals surface area contributed by atoms with Crippen molar-refractivity contribution in [1.82, 2.24) is 20.3 Å². The molecule has 0 radical (unpaired) electrons. The fraction of sp³-hybridized carbons (Fsp3) is 0.348. The van der Waals surface area contributed by atoms with Crippen molar-refractivity contribution in [2.45, 2.75) is 39.0 Å². The van der Waals surface area contributed by atoms with Crippen LogP contribution in [0.3, 0.4) is 0 Å². The molecular formula is C23H24N4O3S. The fourth-order valence-corrected chi connectivity index (χ4v) is 4.66. The summed E-state index contributed by atoms with van der Waals surface area (Å²) in [5.41, 5.74) is 2.41. The number of aromatic nitrogens is 3. The van der Waals surface area contributed by atoms with E-state index in [2.05, 4.69) is 37.8 Å². The summed E-state index contributed by atoms with van der Waals surface area (Å²) >= 11 is 1.75. The number of hydrogen-bond acceptors (Lipinski definition) is 8. The summed E-state index contributed by atoms with van der Waals surface area (Å²) in [7, 11) is 0. The zero-order valence-electron chi connectivity index (χ0n) is 17.4. The van der Waals surface area contributed by atoms with E-state index in [-0.39, 0.29) is 6.10 Å². The van der Waals surface area contributed by atoms with Crippen LogP contribution in [-0.2, 0) is 17.8 Å². The SMILES string of the molecule is Cc1onc(-c2ccccc2)c1-c1nnc(CN(Cc2cccs2)C[C@@H]2CCCO2)o1. The lowest BCUT2D eigenvalue weighted by Crippen LogP contribution is -2.31. The number of thiophene rings is 1. The molecule has 4 heterocycles. The largest absolute Gasteiger partial charge is 0.419 e. The molecule has 8 heteroatoms. The highest BCUT2D eigenvalue weighted by Crippen LogP contribution is 2.33. The highest BCUT2D eigenvalue weighted by atomic mass is 32.1. The molecule has 1 atom stereocenters. The standard InChI is InChI=1S/C23H24N4O3S/c1-16-21(22(26-30-16)17-7-3-2-4-8-17)23-25-24-20(29-23)15-27(13-18-9-5-11-28-18)14-19-10-6-12-31-19/h2-4,6-8,10,12,18H,5,9,11,13-15H2,1H3/t18-/m0/s1. The summed E-state index contributed by atoms with van der Waals surface area (Å²) < 4.78 is 17.4. The molecule has 1 saturated heterocycles.